The van der Waals surface area contributed by atoms with Crippen molar-refractivity contribution < 1.29 is 9.18 Å². The molecule has 9 heteroatoms. The van der Waals surface area contributed by atoms with Crippen molar-refractivity contribution in [2.45, 2.75) is 19.5 Å². The molecule has 2 aromatic carbocycles. The van der Waals surface area contributed by atoms with Crippen molar-refractivity contribution in [2.75, 3.05) is 44.2 Å². The lowest BCUT2D eigenvalue weighted by atomic mass is 10.2. The standard InChI is InChI=1S/C26H30FN5O3/c1-2-13-31-22-6-3-4-7-23(22)32(26(35)25(31)34)19-24(33)28-12-5-14-29-15-17-30(18-16-29)21-10-8-20(27)9-11-21/h2-4,6-11H,1,5,12-19H2,(H,28,33). The molecule has 0 bridgehead atoms. The fraction of sp³-hybridized carbons (Fsp3) is 0.346. The summed E-state index contributed by atoms with van der Waals surface area (Å²) in [5, 5.41) is 2.87. The minimum atomic E-state index is -0.722. The number of fused-ring (bicyclic) bond motifs is 1. The van der Waals surface area contributed by atoms with Crippen LogP contribution in [-0.4, -0.2) is 59.2 Å². The Morgan fingerprint density at radius 3 is 2.23 bits per heavy atom. The fourth-order valence-electron chi connectivity index (χ4n) is 4.45. The summed E-state index contributed by atoms with van der Waals surface area (Å²) in [6, 6.07) is 13.6. The Bertz CT molecular complexity index is 1310. The number of hydrogen-bond acceptors (Lipinski definition) is 5. The smallest absolute Gasteiger partial charge is 0.317 e. The van der Waals surface area contributed by atoms with Gasteiger partial charge in [0.05, 0.1) is 11.0 Å². The van der Waals surface area contributed by atoms with Crippen LogP contribution in [0, 0.1) is 5.82 Å². The summed E-state index contributed by atoms with van der Waals surface area (Å²) in [6.07, 6.45) is 2.34. The number of halogens is 1. The van der Waals surface area contributed by atoms with Crippen LogP contribution in [0.2, 0.25) is 0 Å². The largest absolute Gasteiger partial charge is 0.369 e. The molecule has 1 N–H and O–H groups in total. The summed E-state index contributed by atoms with van der Waals surface area (Å²) in [6.45, 7) is 8.52. The van der Waals surface area contributed by atoms with Gasteiger partial charge >= 0.3 is 11.1 Å². The number of carbonyl (C=O) groups excluding carboxylic acids is 1. The maximum Gasteiger partial charge on any atom is 0.317 e. The molecule has 1 aromatic heterocycles. The molecule has 0 aliphatic carbocycles. The zero-order valence-electron chi connectivity index (χ0n) is 19.7. The van der Waals surface area contributed by atoms with E-state index in [0.29, 0.717) is 17.6 Å². The van der Waals surface area contributed by atoms with Crippen molar-refractivity contribution in [1.82, 2.24) is 19.4 Å². The first-order chi connectivity index (χ1) is 17.0. The summed E-state index contributed by atoms with van der Waals surface area (Å²) in [5.41, 5.74) is 0.756. The second-order valence-corrected chi connectivity index (χ2v) is 8.59. The van der Waals surface area contributed by atoms with Gasteiger partial charge in [-0.05, 0) is 49.4 Å². The number of aromatic nitrogens is 2. The molecule has 0 unspecified atom stereocenters. The van der Waals surface area contributed by atoms with E-state index >= 15 is 0 Å². The van der Waals surface area contributed by atoms with Crippen LogP contribution < -0.4 is 21.3 Å². The van der Waals surface area contributed by atoms with Gasteiger partial charge in [0.1, 0.15) is 12.4 Å². The average Bonchev–Trinajstić information content (AvgIpc) is 2.88. The highest BCUT2D eigenvalue weighted by molar-refractivity contribution is 5.80. The van der Waals surface area contributed by atoms with Gasteiger partial charge in [0.25, 0.3) is 0 Å². The summed E-state index contributed by atoms with van der Waals surface area (Å²) >= 11 is 0. The predicted molar refractivity (Wildman–Crippen MR) is 135 cm³/mol. The van der Waals surface area contributed by atoms with Crippen LogP contribution in [0.1, 0.15) is 6.42 Å². The third-order valence-electron chi connectivity index (χ3n) is 6.29. The Balaban J connectivity index is 1.27. The van der Waals surface area contributed by atoms with E-state index in [1.165, 1.54) is 21.3 Å². The zero-order valence-corrected chi connectivity index (χ0v) is 19.7. The van der Waals surface area contributed by atoms with Crippen LogP contribution >= 0.6 is 0 Å². The lowest BCUT2D eigenvalue weighted by Crippen LogP contribution is -2.47. The quantitative estimate of drug-likeness (QED) is 0.288. The number of nitrogens with one attached hydrogen (secondary N) is 1. The molecule has 1 fully saturated rings. The number of anilines is 1. The van der Waals surface area contributed by atoms with E-state index in [0.717, 1.165) is 44.8 Å². The van der Waals surface area contributed by atoms with Gasteiger partial charge < -0.3 is 10.2 Å². The van der Waals surface area contributed by atoms with Gasteiger partial charge in [-0.3, -0.25) is 28.4 Å². The number of benzene rings is 2. The molecular weight excluding hydrogens is 449 g/mol. The molecule has 8 nitrogen and oxygen atoms in total. The van der Waals surface area contributed by atoms with E-state index in [2.05, 4.69) is 21.7 Å². The van der Waals surface area contributed by atoms with E-state index in [-0.39, 0.29) is 24.8 Å². The Morgan fingerprint density at radius 2 is 1.57 bits per heavy atom. The Labute approximate surface area is 202 Å². The fourth-order valence-corrected chi connectivity index (χ4v) is 4.45. The first-order valence-electron chi connectivity index (χ1n) is 11.8. The normalized spacial score (nSPS) is 14.3. The van der Waals surface area contributed by atoms with Gasteiger partial charge in [0.15, 0.2) is 0 Å². The van der Waals surface area contributed by atoms with E-state index in [1.54, 1.807) is 42.5 Å². The zero-order chi connectivity index (χ0) is 24.8. The lowest BCUT2D eigenvalue weighted by Gasteiger charge is -2.36. The van der Waals surface area contributed by atoms with Gasteiger partial charge in [-0.25, -0.2) is 4.39 Å². The Morgan fingerprint density at radius 1 is 0.943 bits per heavy atom. The van der Waals surface area contributed by atoms with Crippen molar-refractivity contribution >= 4 is 22.6 Å². The summed E-state index contributed by atoms with van der Waals surface area (Å²) < 4.78 is 15.7. The molecule has 1 aliphatic heterocycles. The van der Waals surface area contributed by atoms with Crippen LogP contribution in [0.15, 0.2) is 70.8 Å². The van der Waals surface area contributed by atoms with E-state index in [4.69, 9.17) is 0 Å². The molecule has 0 radical (unpaired) electrons. The maximum atomic E-state index is 13.1. The van der Waals surface area contributed by atoms with E-state index in [9.17, 15) is 18.8 Å². The van der Waals surface area contributed by atoms with Gasteiger partial charge in [-0.2, -0.15) is 0 Å². The second kappa shape index (κ2) is 11.1. The number of hydrogen-bond donors (Lipinski definition) is 1. The number of piperazine rings is 1. The number of carbonyl (C=O) groups is 1. The van der Waals surface area contributed by atoms with Crippen LogP contribution in [-0.2, 0) is 17.9 Å². The summed E-state index contributed by atoms with van der Waals surface area (Å²) in [5.74, 6) is -0.538. The Kier molecular flexibility index (Phi) is 7.77. The number of amides is 1. The molecule has 0 saturated carbocycles. The van der Waals surface area contributed by atoms with Crippen molar-refractivity contribution in [2.24, 2.45) is 0 Å². The minimum Gasteiger partial charge on any atom is -0.369 e. The summed E-state index contributed by atoms with van der Waals surface area (Å²) in [7, 11) is 0. The molecule has 3 aromatic rings. The molecule has 0 spiro atoms. The highest BCUT2D eigenvalue weighted by atomic mass is 19.1. The molecule has 1 amide bonds. The van der Waals surface area contributed by atoms with Crippen molar-refractivity contribution in [3.8, 4) is 0 Å². The number of rotatable bonds is 9. The van der Waals surface area contributed by atoms with Gasteiger partial charge in [-0.15, -0.1) is 6.58 Å². The van der Waals surface area contributed by atoms with E-state index < -0.39 is 11.1 Å². The topological polar surface area (TPSA) is 79.6 Å². The predicted octanol–water partition coefficient (Wildman–Crippen LogP) is 1.82. The SMILES string of the molecule is C=CCn1c(=O)c(=O)n(CC(=O)NCCCN2CCN(c3ccc(F)cc3)CC2)c2ccccc21. The van der Waals surface area contributed by atoms with Crippen molar-refractivity contribution in [3.05, 3.63) is 87.7 Å². The molecule has 35 heavy (non-hydrogen) atoms. The van der Waals surface area contributed by atoms with Crippen LogP contribution in [0.3, 0.4) is 0 Å². The average molecular weight is 480 g/mol. The van der Waals surface area contributed by atoms with E-state index in [1.807, 2.05) is 0 Å². The van der Waals surface area contributed by atoms with Crippen LogP contribution in [0.25, 0.3) is 11.0 Å². The van der Waals surface area contributed by atoms with Crippen LogP contribution in [0.5, 0.6) is 0 Å². The Hall–Kier alpha value is -3.72. The van der Waals surface area contributed by atoms with Gasteiger partial charge in [0, 0.05) is 45.0 Å². The third kappa shape index (κ3) is 5.68. The number of para-hydroxylation sites is 2. The monoisotopic (exact) mass is 479 g/mol. The first kappa shape index (κ1) is 24.4. The summed E-state index contributed by atoms with van der Waals surface area (Å²) in [4.78, 5) is 42.4. The second-order valence-electron chi connectivity index (χ2n) is 8.59. The molecule has 2 heterocycles. The molecule has 1 aliphatic rings. The molecular formula is C26H30FN5O3. The maximum absolute atomic E-state index is 13.1. The van der Waals surface area contributed by atoms with Gasteiger partial charge in [0.2, 0.25) is 5.91 Å². The molecule has 184 valence electrons. The minimum absolute atomic E-state index is 0.208. The van der Waals surface area contributed by atoms with Gasteiger partial charge in [-0.1, -0.05) is 18.2 Å². The lowest BCUT2D eigenvalue weighted by molar-refractivity contribution is -0.121. The highest BCUT2D eigenvalue weighted by Crippen LogP contribution is 2.17. The molecule has 4 rings (SSSR count). The first-order valence-corrected chi connectivity index (χ1v) is 11.8. The highest BCUT2D eigenvalue weighted by Gasteiger charge is 2.17. The van der Waals surface area contributed by atoms with Crippen molar-refractivity contribution in [1.29, 1.82) is 0 Å². The molecule has 1 saturated heterocycles. The van der Waals surface area contributed by atoms with Crippen molar-refractivity contribution in [3.63, 3.8) is 0 Å². The third-order valence-corrected chi connectivity index (χ3v) is 6.29. The molecule has 0 atom stereocenters. The van der Waals surface area contributed by atoms with Crippen LogP contribution in [0.4, 0.5) is 10.1 Å². The number of nitrogens with zero attached hydrogens (tertiary/aromatic N) is 4. The number of allylic oxidation sites excluding steroid dienone is 1.